The molecule has 0 aliphatic heterocycles. The number of aromatic hydroxyl groups is 1. The summed E-state index contributed by atoms with van der Waals surface area (Å²) in [5, 5.41) is 13.2. The summed E-state index contributed by atoms with van der Waals surface area (Å²) < 4.78 is 0. The largest absolute Gasteiger partial charge is 0.506 e. The number of fused-ring (bicyclic) bond motifs is 1. The summed E-state index contributed by atoms with van der Waals surface area (Å²) in [5.41, 5.74) is 9.39. The van der Waals surface area contributed by atoms with Crippen LogP contribution in [-0.2, 0) is 0 Å². The number of benzene rings is 1. The number of carbonyl (C=O) groups is 1. The average molecular weight is 272 g/mol. The molecule has 0 saturated heterocycles. The maximum Gasteiger partial charge on any atom is 0.249 e. The summed E-state index contributed by atoms with van der Waals surface area (Å²) >= 11 is 0. The number of phenolic OH excluding ortho intramolecular Hbond substituents is 1. The lowest BCUT2D eigenvalue weighted by Gasteiger charge is -2.05. The Bertz CT molecular complexity index is 676. The van der Waals surface area contributed by atoms with Crippen LogP contribution in [0.15, 0.2) is 29.4 Å². The number of hydrogen-bond acceptors (Lipinski definition) is 3. The third-order valence-electron chi connectivity index (χ3n) is 2.31. The lowest BCUT2D eigenvalue weighted by molar-refractivity contribution is 0.100. The van der Waals surface area contributed by atoms with Gasteiger partial charge in [0.2, 0.25) is 5.91 Å². The lowest BCUT2D eigenvalue weighted by Crippen LogP contribution is -1.98. The number of aryl methyl sites for hydroxylation is 1. The van der Waals surface area contributed by atoms with Crippen molar-refractivity contribution >= 4 is 16.8 Å². The first-order chi connectivity index (χ1) is 9.54. The minimum atomic E-state index is -0.686. The van der Waals surface area contributed by atoms with Crippen molar-refractivity contribution in [3.05, 3.63) is 46.0 Å². The summed E-state index contributed by atoms with van der Waals surface area (Å²) in [6, 6.07) is 6.25. The number of hydrogen-bond donors (Lipinski definition) is 1. The minimum absolute atomic E-state index is 0.0128. The molecule has 1 aromatic carbocycles. The molecule has 0 saturated carbocycles. The zero-order valence-corrected chi connectivity index (χ0v) is 11.7. The van der Waals surface area contributed by atoms with E-state index in [1.54, 1.807) is 19.1 Å². The van der Waals surface area contributed by atoms with Crippen LogP contribution in [0.1, 0.15) is 36.3 Å². The molecular formula is C14H16N4O2. The fraction of sp³-hybridized carbons (Fsp3) is 0.286. The zero-order chi connectivity index (χ0) is 15.1. The molecule has 2 aromatic rings. The van der Waals surface area contributed by atoms with E-state index in [-0.39, 0.29) is 11.3 Å². The second kappa shape index (κ2) is 7.11. The topological polar surface area (TPSA) is 99.0 Å². The number of pyridine rings is 1. The number of azide groups is 1. The highest BCUT2D eigenvalue weighted by Gasteiger charge is 2.12. The molecule has 0 atom stereocenters. The van der Waals surface area contributed by atoms with Gasteiger partial charge in [0, 0.05) is 21.6 Å². The van der Waals surface area contributed by atoms with Gasteiger partial charge in [0.05, 0.1) is 0 Å². The number of amides is 1. The Morgan fingerprint density at radius 3 is 2.70 bits per heavy atom. The Hall–Kier alpha value is -2.59. The highest BCUT2D eigenvalue weighted by Crippen LogP contribution is 2.26. The molecule has 0 fully saturated rings. The first kappa shape index (κ1) is 15.5. The predicted molar refractivity (Wildman–Crippen MR) is 77.6 cm³/mol. The van der Waals surface area contributed by atoms with Crippen molar-refractivity contribution in [2.45, 2.75) is 27.2 Å². The highest BCUT2D eigenvalue weighted by molar-refractivity contribution is 6.07. The molecule has 1 N–H and O–H groups in total. The quantitative estimate of drug-likeness (QED) is 0.480. The van der Waals surface area contributed by atoms with E-state index < -0.39 is 5.91 Å². The maximum atomic E-state index is 11.6. The third kappa shape index (κ3) is 3.46. The minimum Gasteiger partial charge on any atom is -0.506 e. The number of aromatic nitrogens is 1. The number of para-hydroxylation sites is 1. The molecule has 1 aromatic heterocycles. The molecule has 20 heavy (non-hydrogen) atoms. The molecule has 0 aliphatic carbocycles. The van der Waals surface area contributed by atoms with Crippen LogP contribution >= 0.6 is 0 Å². The number of nitrogens with zero attached hydrogens (tertiary/aromatic N) is 4. The molecule has 0 aliphatic rings. The van der Waals surface area contributed by atoms with Crippen molar-refractivity contribution < 1.29 is 9.90 Å². The van der Waals surface area contributed by atoms with Gasteiger partial charge in [-0.15, -0.1) is 0 Å². The van der Waals surface area contributed by atoms with Gasteiger partial charge in [-0.3, -0.25) is 4.79 Å². The SMILES string of the molecule is CCC.Cc1cc(C(=O)N=[N+]=[N-])c2cccc(O)c2n1. The maximum absolute atomic E-state index is 11.6. The Morgan fingerprint density at radius 1 is 1.45 bits per heavy atom. The molecule has 0 unspecified atom stereocenters. The van der Waals surface area contributed by atoms with E-state index in [1.165, 1.54) is 18.6 Å². The van der Waals surface area contributed by atoms with Gasteiger partial charge in [0.1, 0.15) is 11.3 Å². The van der Waals surface area contributed by atoms with Gasteiger partial charge in [-0.05, 0) is 29.7 Å². The fourth-order valence-electron chi connectivity index (χ4n) is 1.63. The monoisotopic (exact) mass is 272 g/mol. The van der Waals surface area contributed by atoms with E-state index in [0.29, 0.717) is 16.6 Å². The van der Waals surface area contributed by atoms with Gasteiger partial charge in [-0.25, -0.2) is 4.98 Å². The molecule has 0 bridgehead atoms. The average Bonchev–Trinajstić information content (AvgIpc) is 2.40. The molecule has 6 heteroatoms. The van der Waals surface area contributed by atoms with Gasteiger partial charge >= 0.3 is 0 Å². The van der Waals surface area contributed by atoms with Crippen molar-refractivity contribution in [3.63, 3.8) is 0 Å². The Labute approximate surface area is 116 Å². The second-order valence-electron chi connectivity index (χ2n) is 4.19. The van der Waals surface area contributed by atoms with Crippen LogP contribution in [-0.4, -0.2) is 16.0 Å². The van der Waals surface area contributed by atoms with Gasteiger partial charge in [0.15, 0.2) is 0 Å². The zero-order valence-electron chi connectivity index (χ0n) is 11.7. The van der Waals surface area contributed by atoms with Crippen molar-refractivity contribution in [2.24, 2.45) is 5.11 Å². The summed E-state index contributed by atoms with van der Waals surface area (Å²) in [4.78, 5) is 18.2. The molecular weight excluding hydrogens is 256 g/mol. The molecule has 104 valence electrons. The van der Waals surface area contributed by atoms with Gasteiger partial charge in [-0.1, -0.05) is 32.4 Å². The first-order valence-electron chi connectivity index (χ1n) is 6.23. The normalized spacial score (nSPS) is 9.35. The Balaban J connectivity index is 0.000000612. The molecule has 2 rings (SSSR count). The second-order valence-corrected chi connectivity index (χ2v) is 4.19. The van der Waals surface area contributed by atoms with Crippen LogP contribution in [0.5, 0.6) is 5.75 Å². The van der Waals surface area contributed by atoms with Crippen LogP contribution in [0, 0.1) is 6.92 Å². The standard InChI is InChI=1S/C11H8N4O2.C3H8/c1-6-5-8(11(17)14-15-12)7-3-2-4-9(16)10(7)13-6;1-3-2/h2-5,16H,1H3;3H2,1-2H3. The van der Waals surface area contributed by atoms with Crippen LogP contribution in [0.25, 0.3) is 21.3 Å². The molecule has 0 radical (unpaired) electrons. The summed E-state index contributed by atoms with van der Waals surface area (Å²) in [6.45, 7) is 5.94. The Morgan fingerprint density at radius 2 is 2.10 bits per heavy atom. The lowest BCUT2D eigenvalue weighted by atomic mass is 10.1. The molecule has 0 spiro atoms. The van der Waals surface area contributed by atoms with Crippen LogP contribution in [0.3, 0.4) is 0 Å². The fourth-order valence-corrected chi connectivity index (χ4v) is 1.63. The van der Waals surface area contributed by atoms with Crippen molar-refractivity contribution in [1.29, 1.82) is 0 Å². The van der Waals surface area contributed by atoms with E-state index in [9.17, 15) is 9.90 Å². The van der Waals surface area contributed by atoms with Crippen LogP contribution < -0.4 is 0 Å². The highest BCUT2D eigenvalue weighted by atomic mass is 16.3. The van der Waals surface area contributed by atoms with E-state index in [0.717, 1.165) is 0 Å². The molecule has 1 amide bonds. The van der Waals surface area contributed by atoms with Gasteiger partial charge in [-0.2, -0.15) is 0 Å². The summed E-state index contributed by atoms with van der Waals surface area (Å²) in [5.74, 6) is -0.699. The van der Waals surface area contributed by atoms with Crippen molar-refractivity contribution in [1.82, 2.24) is 4.98 Å². The summed E-state index contributed by atoms with van der Waals surface area (Å²) in [7, 11) is 0. The number of rotatable bonds is 1. The van der Waals surface area contributed by atoms with Crippen LogP contribution in [0.4, 0.5) is 0 Å². The third-order valence-corrected chi connectivity index (χ3v) is 2.31. The van der Waals surface area contributed by atoms with Gasteiger partial charge in [0.25, 0.3) is 0 Å². The molecule has 6 nitrogen and oxygen atoms in total. The number of carbonyl (C=O) groups excluding carboxylic acids is 1. The predicted octanol–water partition coefficient (Wildman–Crippen LogP) is 4.12. The molecule has 1 heterocycles. The van der Waals surface area contributed by atoms with E-state index in [4.69, 9.17) is 5.53 Å². The van der Waals surface area contributed by atoms with Crippen molar-refractivity contribution in [3.8, 4) is 5.75 Å². The Kier molecular flexibility index (Phi) is 5.50. The summed E-state index contributed by atoms with van der Waals surface area (Å²) in [6.07, 6.45) is 1.25. The smallest absolute Gasteiger partial charge is 0.249 e. The van der Waals surface area contributed by atoms with E-state index in [2.05, 4.69) is 28.9 Å². The van der Waals surface area contributed by atoms with Crippen LogP contribution in [0.2, 0.25) is 0 Å². The first-order valence-corrected chi connectivity index (χ1v) is 6.23. The van der Waals surface area contributed by atoms with Crippen molar-refractivity contribution in [2.75, 3.05) is 0 Å². The van der Waals surface area contributed by atoms with E-state index in [1.807, 2.05) is 0 Å². The van der Waals surface area contributed by atoms with Gasteiger partial charge < -0.3 is 5.11 Å². The van der Waals surface area contributed by atoms with E-state index >= 15 is 0 Å². The number of phenols is 1.